The van der Waals surface area contributed by atoms with E-state index in [4.69, 9.17) is 0 Å². The summed E-state index contributed by atoms with van der Waals surface area (Å²) in [6.07, 6.45) is 3.04. The molecule has 0 saturated heterocycles. The molecule has 0 bridgehead atoms. The molecule has 0 aliphatic carbocycles. The number of nitrogens with one attached hydrogen (secondary N) is 3. The molecule has 6 heteroatoms. The van der Waals surface area contributed by atoms with Gasteiger partial charge in [-0.3, -0.25) is 5.32 Å². The first-order valence-corrected chi connectivity index (χ1v) is 2.84. The summed E-state index contributed by atoms with van der Waals surface area (Å²) < 4.78 is 0. The average Bonchev–Trinajstić information content (AvgIpc) is 1.88. The first-order valence-electron chi connectivity index (χ1n) is 2.84. The van der Waals surface area contributed by atoms with Gasteiger partial charge in [-0.25, -0.2) is 10.1 Å². The predicted octanol–water partition coefficient (Wildman–Crippen LogP) is -1.24. The number of nitrogens with zero attached hydrogens (tertiary/aromatic N) is 1. The normalized spacial score (nSPS) is 23.4. The Kier molecular flexibility index (Phi) is 2.06. The van der Waals surface area contributed by atoms with Crippen molar-refractivity contribution in [2.75, 3.05) is 6.54 Å². The van der Waals surface area contributed by atoms with Gasteiger partial charge in [-0.1, -0.05) is 6.08 Å². The minimum absolute atomic E-state index is 0.458. The molecule has 1 unspecified atom stereocenters. The maximum Gasteiger partial charge on any atom is 0.209 e. The van der Waals surface area contributed by atoms with Crippen molar-refractivity contribution in [1.82, 2.24) is 16.1 Å². The molecule has 0 radical (unpaired) electrons. The largest absolute Gasteiger partial charge is 0.355 e. The number of rotatable bonds is 2. The third kappa shape index (κ3) is 1.90. The minimum Gasteiger partial charge on any atom is -0.355 e. The van der Waals surface area contributed by atoms with Crippen LogP contribution in [0, 0.1) is 10.1 Å². The highest BCUT2D eigenvalue weighted by molar-refractivity contribution is 4.88. The number of nitro groups is 1. The Balaban J connectivity index is 2.28. The van der Waals surface area contributed by atoms with Gasteiger partial charge in [0.1, 0.15) is 0 Å². The molecule has 0 aromatic heterocycles. The molecule has 3 N–H and O–H groups in total. The fourth-order valence-electron chi connectivity index (χ4n) is 0.656. The van der Waals surface area contributed by atoms with Crippen LogP contribution in [0.2, 0.25) is 0 Å². The molecule has 56 valence electrons. The predicted molar refractivity (Wildman–Crippen MR) is 34.2 cm³/mol. The van der Waals surface area contributed by atoms with Crippen LogP contribution in [-0.2, 0) is 0 Å². The second kappa shape index (κ2) is 3.02. The Labute approximate surface area is 57.4 Å². The molecule has 6 nitrogen and oxygen atoms in total. The minimum atomic E-state index is -0.593. The highest BCUT2D eigenvalue weighted by atomic mass is 16.7. The van der Waals surface area contributed by atoms with E-state index in [1.807, 2.05) is 11.5 Å². The molecule has 1 heterocycles. The molecule has 1 aliphatic heterocycles. The van der Waals surface area contributed by atoms with Gasteiger partial charge in [-0.15, -0.1) is 5.43 Å². The molecule has 0 aromatic rings. The maximum atomic E-state index is 9.86. The zero-order chi connectivity index (χ0) is 7.40. The second-order valence-corrected chi connectivity index (χ2v) is 1.80. The summed E-state index contributed by atoms with van der Waals surface area (Å²) in [5, 5.41) is 14.8. The van der Waals surface area contributed by atoms with Crippen molar-refractivity contribution in [3.63, 3.8) is 0 Å². The van der Waals surface area contributed by atoms with Gasteiger partial charge in [0.15, 0.2) is 5.03 Å². The number of hydrazine groups is 1. The van der Waals surface area contributed by atoms with Crippen molar-refractivity contribution in [3.8, 4) is 0 Å². The molecule has 1 aliphatic rings. The lowest BCUT2D eigenvalue weighted by atomic mass is 10.5. The van der Waals surface area contributed by atoms with E-state index >= 15 is 0 Å². The van der Waals surface area contributed by atoms with Gasteiger partial charge in [0.25, 0.3) is 0 Å². The van der Waals surface area contributed by atoms with Crippen molar-refractivity contribution < 1.29 is 5.03 Å². The molecule has 0 spiro atoms. The monoisotopic (exact) mass is 144 g/mol. The summed E-state index contributed by atoms with van der Waals surface area (Å²) in [6.45, 7) is 0.637. The van der Waals surface area contributed by atoms with Crippen LogP contribution in [0.5, 0.6) is 0 Å². The van der Waals surface area contributed by atoms with Crippen LogP contribution >= 0.6 is 0 Å². The molecule has 1 rings (SSSR count). The van der Waals surface area contributed by atoms with E-state index in [1.54, 1.807) is 6.20 Å². The van der Waals surface area contributed by atoms with Crippen molar-refractivity contribution in [1.29, 1.82) is 0 Å². The Hall–Kier alpha value is -1.30. The van der Waals surface area contributed by atoms with E-state index < -0.39 is 11.3 Å². The first-order chi connectivity index (χ1) is 4.79. The Morgan fingerprint density at radius 2 is 2.60 bits per heavy atom. The molecular weight excluding hydrogens is 136 g/mol. The standard InChI is InChI=1S/C4H8N4O2/c9-8(10)7-4-5-2-1-3-6-4/h1-2,4-7H,3H2. The fourth-order valence-corrected chi connectivity index (χ4v) is 0.656. The van der Waals surface area contributed by atoms with E-state index in [0.717, 1.165) is 0 Å². The second-order valence-electron chi connectivity index (χ2n) is 1.80. The van der Waals surface area contributed by atoms with Crippen molar-refractivity contribution in [2.24, 2.45) is 0 Å². The van der Waals surface area contributed by atoms with Crippen molar-refractivity contribution in [3.05, 3.63) is 22.4 Å². The highest BCUT2D eigenvalue weighted by Crippen LogP contribution is 1.80. The quantitative estimate of drug-likeness (QED) is 0.333. The van der Waals surface area contributed by atoms with Crippen molar-refractivity contribution >= 4 is 0 Å². The highest BCUT2D eigenvalue weighted by Gasteiger charge is 2.10. The number of hydrogen-bond donors (Lipinski definition) is 3. The molecule has 10 heavy (non-hydrogen) atoms. The smallest absolute Gasteiger partial charge is 0.209 e. The van der Waals surface area contributed by atoms with E-state index in [1.165, 1.54) is 0 Å². The SMILES string of the molecule is O=[N+]([O-])NC1NC=CCN1. The Bertz CT molecular complexity index is 157. The topological polar surface area (TPSA) is 79.2 Å². The Morgan fingerprint density at radius 1 is 1.80 bits per heavy atom. The summed E-state index contributed by atoms with van der Waals surface area (Å²) in [7, 11) is 0. The third-order valence-electron chi connectivity index (χ3n) is 1.06. The van der Waals surface area contributed by atoms with Crippen molar-refractivity contribution in [2.45, 2.75) is 6.29 Å². The van der Waals surface area contributed by atoms with E-state index in [2.05, 4.69) is 10.6 Å². The molecule has 0 fully saturated rings. The lowest BCUT2D eigenvalue weighted by Gasteiger charge is -2.17. The molecule has 0 saturated carbocycles. The van der Waals surface area contributed by atoms with Gasteiger partial charge < -0.3 is 5.32 Å². The summed E-state index contributed by atoms with van der Waals surface area (Å²) in [5.74, 6) is 0. The van der Waals surface area contributed by atoms with Crippen LogP contribution in [0.1, 0.15) is 0 Å². The van der Waals surface area contributed by atoms with Gasteiger partial charge in [0.05, 0.1) is 0 Å². The molecular formula is C4H8N4O2. The van der Waals surface area contributed by atoms with Crippen LogP contribution in [0.15, 0.2) is 12.3 Å². The van der Waals surface area contributed by atoms with Crippen LogP contribution in [-0.4, -0.2) is 17.9 Å². The zero-order valence-electron chi connectivity index (χ0n) is 5.20. The van der Waals surface area contributed by atoms with Crippen LogP contribution < -0.4 is 16.1 Å². The lowest BCUT2D eigenvalue weighted by Crippen LogP contribution is -2.54. The number of hydrogen-bond acceptors (Lipinski definition) is 4. The first kappa shape index (κ1) is 6.81. The molecule has 0 aromatic carbocycles. The van der Waals surface area contributed by atoms with E-state index in [9.17, 15) is 10.1 Å². The van der Waals surface area contributed by atoms with E-state index in [0.29, 0.717) is 6.54 Å². The van der Waals surface area contributed by atoms with Gasteiger partial charge >= 0.3 is 0 Å². The lowest BCUT2D eigenvalue weighted by molar-refractivity contribution is -0.553. The van der Waals surface area contributed by atoms with Crippen LogP contribution in [0.4, 0.5) is 0 Å². The summed E-state index contributed by atoms with van der Waals surface area (Å²) in [4.78, 5) is 9.86. The fraction of sp³-hybridized carbons (Fsp3) is 0.500. The average molecular weight is 144 g/mol. The third-order valence-corrected chi connectivity index (χ3v) is 1.06. The summed E-state index contributed by atoms with van der Waals surface area (Å²) in [6, 6.07) is 0. The zero-order valence-corrected chi connectivity index (χ0v) is 5.20. The van der Waals surface area contributed by atoms with Gasteiger partial charge in [0.2, 0.25) is 6.29 Å². The maximum absolute atomic E-state index is 9.86. The van der Waals surface area contributed by atoms with Gasteiger partial charge in [0, 0.05) is 6.54 Å². The molecule has 1 atom stereocenters. The van der Waals surface area contributed by atoms with Crippen LogP contribution in [0.3, 0.4) is 0 Å². The van der Waals surface area contributed by atoms with Gasteiger partial charge in [-0.2, -0.15) is 0 Å². The summed E-state index contributed by atoms with van der Waals surface area (Å²) >= 11 is 0. The Morgan fingerprint density at radius 3 is 3.10 bits per heavy atom. The molecule has 0 amide bonds. The summed E-state index contributed by atoms with van der Waals surface area (Å²) in [5.41, 5.74) is 2.03. The van der Waals surface area contributed by atoms with Crippen LogP contribution in [0.25, 0.3) is 0 Å². The van der Waals surface area contributed by atoms with E-state index in [-0.39, 0.29) is 0 Å². The van der Waals surface area contributed by atoms with Gasteiger partial charge in [-0.05, 0) is 6.20 Å².